The van der Waals surface area contributed by atoms with Crippen molar-refractivity contribution in [1.29, 1.82) is 0 Å². The van der Waals surface area contributed by atoms with E-state index in [2.05, 4.69) is 33.4 Å². The van der Waals surface area contributed by atoms with Crippen molar-refractivity contribution < 1.29 is 14.4 Å². The molecule has 1 heterocycles. The minimum absolute atomic E-state index is 0.0266. The lowest BCUT2D eigenvalue weighted by molar-refractivity contribution is -0.144. The van der Waals surface area contributed by atoms with Crippen LogP contribution >= 0.6 is 15.9 Å². The van der Waals surface area contributed by atoms with Crippen LogP contribution in [0.1, 0.15) is 30.0 Å². The molecule has 3 amide bonds. The number of benzene rings is 2. The van der Waals surface area contributed by atoms with Crippen LogP contribution in [-0.4, -0.2) is 22.6 Å². The number of carbonyl (C=O) groups is 3. The molecule has 5 rings (SSSR count). The molecule has 1 aliphatic heterocycles. The van der Waals surface area contributed by atoms with E-state index in [0.717, 1.165) is 22.0 Å². The third-order valence-electron chi connectivity index (χ3n) is 6.78. The van der Waals surface area contributed by atoms with Crippen molar-refractivity contribution in [3.8, 4) is 0 Å². The number of allylic oxidation sites excluding steroid dienone is 2. The molecular formula is C25H23BrN2O3. The van der Waals surface area contributed by atoms with E-state index < -0.39 is 6.04 Å². The van der Waals surface area contributed by atoms with Crippen LogP contribution in [0.4, 0.5) is 5.69 Å². The van der Waals surface area contributed by atoms with Gasteiger partial charge in [0.1, 0.15) is 0 Å². The van der Waals surface area contributed by atoms with Crippen LogP contribution < -0.4 is 5.32 Å². The zero-order valence-electron chi connectivity index (χ0n) is 17.1. The molecule has 158 valence electrons. The van der Waals surface area contributed by atoms with E-state index in [1.165, 1.54) is 4.90 Å². The van der Waals surface area contributed by atoms with E-state index in [-0.39, 0.29) is 47.8 Å². The lowest BCUT2D eigenvalue weighted by atomic mass is 9.85. The number of imide groups is 1. The molecule has 2 fully saturated rings. The maximum Gasteiger partial charge on any atom is 0.234 e. The predicted octanol–water partition coefficient (Wildman–Crippen LogP) is 4.63. The quantitative estimate of drug-likeness (QED) is 0.502. The van der Waals surface area contributed by atoms with Crippen molar-refractivity contribution in [2.75, 3.05) is 5.32 Å². The number of hydrogen-bond donors (Lipinski definition) is 1. The normalized spacial score (nSPS) is 27.0. The third kappa shape index (κ3) is 3.53. The summed E-state index contributed by atoms with van der Waals surface area (Å²) in [6, 6.07) is 14.4. The van der Waals surface area contributed by atoms with Crippen molar-refractivity contribution in [3.05, 3.63) is 76.3 Å². The Morgan fingerprint density at radius 3 is 2.16 bits per heavy atom. The SMILES string of the molecule is Cc1ccc(C(CC(=O)Nc2ccc(Br)cc2)N2C(=O)C3C4C=CC(C4)C3C2=O)cc1. The Labute approximate surface area is 189 Å². The molecule has 0 radical (unpaired) electrons. The second-order valence-corrected chi connectivity index (χ2v) is 9.65. The van der Waals surface area contributed by atoms with Gasteiger partial charge in [0.05, 0.1) is 24.3 Å². The van der Waals surface area contributed by atoms with E-state index >= 15 is 0 Å². The summed E-state index contributed by atoms with van der Waals surface area (Å²) in [5.41, 5.74) is 2.56. The molecule has 5 unspecified atom stereocenters. The summed E-state index contributed by atoms with van der Waals surface area (Å²) in [6.45, 7) is 1.99. The first-order chi connectivity index (χ1) is 14.9. The van der Waals surface area contributed by atoms with Gasteiger partial charge in [-0.15, -0.1) is 0 Å². The Kier molecular flexibility index (Phi) is 5.05. The van der Waals surface area contributed by atoms with Gasteiger partial charge in [0.2, 0.25) is 17.7 Å². The molecule has 31 heavy (non-hydrogen) atoms. The first-order valence-electron chi connectivity index (χ1n) is 10.6. The number of likely N-dealkylation sites (tertiary alicyclic amines) is 1. The largest absolute Gasteiger partial charge is 0.326 e. The van der Waals surface area contributed by atoms with Gasteiger partial charge < -0.3 is 5.32 Å². The number of amides is 3. The van der Waals surface area contributed by atoms with Gasteiger partial charge in [0.15, 0.2) is 0 Å². The lowest BCUT2D eigenvalue weighted by Gasteiger charge is -2.28. The first kappa shape index (κ1) is 20.2. The van der Waals surface area contributed by atoms with Crippen LogP contribution in [0.2, 0.25) is 0 Å². The molecule has 1 saturated carbocycles. The van der Waals surface area contributed by atoms with Crippen molar-refractivity contribution in [2.45, 2.75) is 25.8 Å². The minimum atomic E-state index is -0.610. The Balaban J connectivity index is 1.43. The van der Waals surface area contributed by atoms with Gasteiger partial charge in [-0.25, -0.2) is 0 Å². The highest BCUT2D eigenvalue weighted by Crippen LogP contribution is 2.54. The number of halogens is 1. The number of anilines is 1. The van der Waals surface area contributed by atoms with Crippen LogP contribution in [0.25, 0.3) is 0 Å². The number of aryl methyl sites for hydroxylation is 1. The maximum atomic E-state index is 13.4. The summed E-state index contributed by atoms with van der Waals surface area (Å²) in [5, 5.41) is 2.89. The second kappa shape index (κ2) is 7.75. The zero-order valence-corrected chi connectivity index (χ0v) is 18.7. The summed E-state index contributed by atoms with van der Waals surface area (Å²) in [5.74, 6) is -0.747. The van der Waals surface area contributed by atoms with E-state index in [1.807, 2.05) is 55.5 Å². The highest BCUT2D eigenvalue weighted by atomic mass is 79.9. The molecule has 0 aromatic heterocycles. The molecule has 2 aromatic carbocycles. The molecule has 1 saturated heterocycles. The monoisotopic (exact) mass is 478 g/mol. The van der Waals surface area contributed by atoms with E-state index in [4.69, 9.17) is 0 Å². The first-order valence-corrected chi connectivity index (χ1v) is 11.4. The van der Waals surface area contributed by atoms with E-state index in [1.54, 1.807) is 0 Å². The summed E-state index contributed by atoms with van der Waals surface area (Å²) in [7, 11) is 0. The number of fused-ring (bicyclic) bond motifs is 5. The molecule has 0 spiro atoms. The summed E-state index contributed by atoms with van der Waals surface area (Å²) in [4.78, 5) is 41.1. The summed E-state index contributed by atoms with van der Waals surface area (Å²) < 4.78 is 0.922. The highest BCUT2D eigenvalue weighted by molar-refractivity contribution is 9.10. The van der Waals surface area contributed by atoms with Gasteiger partial charge in [0.25, 0.3) is 0 Å². The van der Waals surface area contributed by atoms with Gasteiger partial charge in [-0.1, -0.05) is 57.9 Å². The third-order valence-corrected chi connectivity index (χ3v) is 7.31. The number of hydrogen-bond acceptors (Lipinski definition) is 3. The van der Waals surface area contributed by atoms with Crippen molar-refractivity contribution in [2.24, 2.45) is 23.7 Å². The smallest absolute Gasteiger partial charge is 0.234 e. The lowest BCUT2D eigenvalue weighted by Crippen LogP contribution is -2.38. The Hall–Kier alpha value is -2.73. The van der Waals surface area contributed by atoms with Crippen LogP contribution in [0.5, 0.6) is 0 Å². The van der Waals surface area contributed by atoms with E-state index in [0.29, 0.717) is 5.69 Å². The molecule has 3 aliphatic rings. The van der Waals surface area contributed by atoms with Crippen molar-refractivity contribution in [1.82, 2.24) is 4.90 Å². The fourth-order valence-electron chi connectivity index (χ4n) is 5.30. The van der Waals surface area contributed by atoms with Crippen LogP contribution in [0, 0.1) is 30.6 Å². The minimum Gasteiger partial charge on any atom is -0.326 e. The Morgan fingerprint density at radius 1 is 1.00 bits per heavy atom. The zero-order chi connectivity index (χ0) is 21.7. The highest BCUT2D eigenvalue weighted by Gasteiger charge is 2.60. The summed E-state index contributed by atoms with van der Waals surface area (Å²) in [6.07, 6.45) is 5.09. The topological polar surface area (TPSA) is 66.5 Å². The number of rotatable bonds is 5. The van der Waals surface area contributed by atoms with Crippen molar-refractivity contribution >= 4 is 39.3 Å². The molecule has 6 heteroatoms. The fraction of sp³-hybridized carbons (Fsp3) is 0.320. The Morgan fingerprint density at radius 2 is 1.58 bits per heavy atom. The fourth-order valence-corrected chi connectivity index (χ4v) is 5.56. The molecule has 5 atom stereocenters. The predicted molar refractivity (Wildman–Crippen MR) is 121 cm³/mol. The molecule has 1 N–H and O–H groups in total. The number of carbonyl (C=O) groups excluding carboxylic acids is 3. The second-order valence-electron chi connectivity index (χ2n) is 8.73. The van der Waals surface area contributed by atoms with Gasteiger partial charge in [-0.3, -0.25) is 19.3 Å². The molecule has 2 aliphatic carbocycles. The molecular weight excluding hydrogens is 456 g/mol. The van der Waals surface area contributed by atoms with Crippen LogP contribution in [0.3, 0.4) is 0 Å². The van der Waals surface area contributed by atoms with Gasteiger partial charge in [-0.05, 0) is 55.0 Å². The average molecular weight is 479 g/mol. The van der Waals surface area contributed by atoms with Gasteiger partial charge >= 0.3 is 0 Å². The van der Waals surface area contributed by atoms with Crippen LogP contribution in [0.15, 0.2) is 65.2 Å². The maximum absolute atomic E-state index is 13.4. The van der Waals surface area contributed by atoms with E-state index in [9.17, 15) is 14.4 Å². The molecule has 2 aromatic rings. The summed E-state index contributed by atoms with van der Waals surface area (Å²) >= 11 is 3.38. The van der Waals surface area contributed by atoms with Gasteiger partial charge in [-0.2, -0.15) is 0 Å². The number of nitrogens with zero attached hydrogens (tertiary/aromatic N) is 1. The van der Waals surface area contributed by atoms with Crippen molar-refractivity contribution in [3.63, 3.8) is 0 Å². The molecule has 5 nitrogen and oxygen atoms in total. The van der Waals surface area contributed by atoms with Crippen LogP contribution in [-0.2, 0) is 14.4 Å². The molecule has 2 bridgehead atoms. The Bertz CT molecular complexity index is 1050. The van der Waals surface area contributed by atoms with Gasteiger partial charge in [0, 0.05) is 10.2 Å². The standard InChI is InChI=1S/C25H23BrN2O3/c1-14-2-4-15(5-3-14)20(13-21(29)27-19-10-8-18(26)9-11-19)28-24(30)22-16-6-7-17(12-16)23(22)25(28)31/h2-11,16-17,20,22-23H,12-13H2,1H3,(H,27,29). The average Bonchev–Trinajstić information content (AvgIpc) is 3.43. The number of nitrogens with one attached hydrogen (secondary N) is 1.